The fraction of sp³-hybridized carbons (Fsp3) is 0.391. The molecular formula is C23H24BrN5O2. The van der Waals surface area contributed by atoms with Crippen LogP contribution in [-0.4, -0.2) is 53.9 Å². The summed E-state index contributed by atoms with van der Waals surface area (Å²) in [6, 6.07) is 11.9. The first-order chi connectivity index (χ1) is 15.1. The molecule has 0 radical (unpaired) electrons. The lowest BCUT2D eigenvalue weighted by Crippen LogP contribution is -2.45. The number of aromatic nitrogens is 1. The van der Waals surface area contributed by atoms with Gasteiger partial charge in [0.1, 0.15) is 12.2 Å². The first kappa shape index (κ1) is 20.2. The Morgan fingerprint density at radius 3 is 2.81 bits per heavy atom. The summed E-state index contributed by atoms with van der Waals surface area (Å²) in [4.78, 5) is 24.0. The van der Waals surface area contributed by atoms with E-state index in [1.165, 1.54) is 20.0 Å². The van der Waals surface area contributed by atoms with Crippen molar-refractivity contribution >= 4 is 39.1 Å². The summed E-state index contributed by atoms with van der Waals surface area (Å²) in [5.41, 5.74) is 3.72. The third-order valence-electron chi connectivity index (χ3n) is 6.01. The Labute approximate surface area is 189 Å². The molecule has 1 aromatic carbocycles. The maximum absolute atomic E-state index is 11.9. The average molecular weight is 482 g/mol. The van der Waals surface area contributed by atoms with Gasteiger partial charge in [0.25, 0.3) is 0 Å². The normalized spacial score (nSPS) is 22.3. The zero-order valence-corrected chi connectivity index (χ0v) is 19.1. The SMILES string of the molecule is COC(=O)CCC1N=C(c2ccccn2)c2cc(Br)ccc2N2C1=NN(C)C2C1CC1. The van der Waals surface area contributed by atoms with Crippen molar-refractivity contribution in [3.8, 4) is 0 Å². The summed E-state index contributed by atoms with van der Waals surface area (Å²) < 4.78 is 5.88. The van der Waals surface area contributed by atoms with Crippen molar-refractivity contribution in [2.75, 3.05) is 19.1 Å². The van der Waals surface area contributed by atoms with Crippen LogP contribution in [0.2, 0.25) is 0 Å². The lowest BCUT2D eigenvalue weighted by atomic mass is 10.0. The van der Waals surface area contributed by atoms with E-state index in [4.69, 9.17) is 14.8 Å². The topological polar surface area (TPSA) is 70.4 Å². The maximum Gasteiger partial charge on any atom is 0.305 e. The number of esters is 1. The second-order valence-corrected chi connectivity index (χ2v) is 9.05. The molecule has 0 saturated heterocycles. The van der Waals surface area contributed by atoms with Gasteiger partial charge in [0.05, 0.1) is 24.2 Å². The van der Waals surface area contributed by atoms with E-state index in [9.17, 15) is 4.79 Å². The third-order valence-corrected chi connectivity index (χ3v) is 6.50. The molecule has 1 saturated carbocycles. The number of hydrogen-bond donors (Lipinski definition) is 0. The number of benzene rings is 1. The van der Waals surface area contributed by atoms with Gasteiger partial charge in [-0.2, -0.15) is 5.10 Å². The molecule has 0 spiro atoms. The van der Waals surface area contributed by atoms with E-state index in [0.717, 1.165) is 33.0 Å². The van der Waals surface area contributed by atoms with Crippen LogP contribution in [0.4, 0.5) is 5.69 Å². The van der Waals surface area contributed by atoms with Gasteiger partial charge in [0.2, 0.25) is 0 Å². The number of fused-ring (bicyclic) bond motifs is 3. The van der Waals surface area contributed by atoms with Crippen molar-refractivity contribution in [2.45, 2.75) is 37.9 Å². The molecule has 2 unspecified atom stereocenters. The first-order valence-electron chi connectivity index (χ1n) is 10.5. The Balaban J connectivity index is 1.68. The van der Waals surface area contributed by atoms with Crippen molar-refractivity contribution < 1.29 is 9.53 Å². The number of hydrazone groups is 1. The zero-order chi connectivity index (χ0) is 21.5. The minimum absolute atomic E-state index is 0.161. The molecule has 2 atom stereocenters. The molecule has 1 aromatic heterocycles. The maximum atomic E-state index is 11.9. The van der Waals surface area contributed by atoms with E-state index in [2.05, 4.69) is 49.0 Å². The average Bonchev–Trinajstić information content (AvgIpc) is 3.57. The monoisotopic (exact) mass is 481 g/mol. The summed E-state index contributed by atoms with van der Waals surface area (Å²) in [6.45, 7) is 0. The van der Waals surface area contributed by atoms with E-state index >= 15 is 0 Å². The quantitative estimate of drug-likeness (QED) is 0.607. The van der Waals surface area contributed by atoms with E-state index in [0.29, 0.717) is 12.3 Å². The lowest BCUT2D eigenvalue weighted by Gasteiger charge is -2.31. The minimum Gasteiger partial charge on any atom is -0.469 e. The second-order valence-electron chi connectivity index (χ2n) is 8.14. The molecule has 2 aliphatic heterocycles. The highest BCUT2D eigenvalue weighted by Gasteiger charge is 2.47. The predicted molar refractivity (Wildman–Crippen MR) is 123 cm³/mol. The van der Waals surface area contributed by atoms with Crippen LogP contribution in [0.5, 0.6) is 0 Å². The predicted octanol–water partition coefficient (Wildman–Crippen LogP) is 3.82. The molecule has 31 heavy (non-hydrogen) atoms. The number of ether oxygens (including phenoxy) is 1. The molecule has 1 aliphatic carbocycles. The number of aliphatic imine (C=N–C) groups is 1. The molecule has 5 rings (SSSR count). The van der Waals surface area contributed by atoms with Gasteiger partial charge in [-0.25, -0.2) is 0 Å². The lowest BCUT2D eigenvalue weighted by molar-refractivity contribution is -0.140. The molecule has 160 valence electrons. The van der Waals surface area contributed by atoms with E-state index < -0.39 is 0 Å². The van der Waals surface area contributed by atoms with E-state index in [1.807, 2.05) is 25.2 Å². The Morgan fingerprint density at radius 1 is 1.26 bits per heavy atom. The van der Waals surface area contributed by atoms with Crippen molar-refractivity contribution in [1.29, 1.82) is 0 Å². The van der Waals surface area contributed by atoms with Crippen LogP contribution in [0.1, 0.15) is 36.9 Å². The summed E-state index contributed by atoms with van der Waals surface area (Å²) in [5, 5.41) is 6.99. The number of methoxy groups -OCH3 is 1. The highest BCUT2D eigenvalue weighted by Crippen LogP contribution is 2.44. The molecule has 8 heteroatoms. The van der Waals surface area contributed by atoms with Crippen LogP contribution in [0, 0.1) is 5.92 Å². The number of carbonyl (C=O) groups is 1. The van der Waals surface area contributed by atoms with Crippen molar-refractivity contribution in [1.82, 2.24) is 9.99 Å². The van der Waals surface area contributed by atoms with Crippen molar-refractivity contribution in [3.05, 3.63) is 58.3 Å². The Bertz CT molecular complexity index is 1070. The van der Waals surface area contributed by atoms with Crippen molar-refractivity contribution in [3.63, 3.8) is 0 Å². The smallest absolute Gasteiger partial charge is 0.305 e. The third kappa shape index (κ3) is 3.73. The standard InChI is InChI=1S/C23H24BrN5O2/c1-28-23(14-6-7-14)29-19-10-8-15(24)13-16(19)21(17-5-3-4-12-25-17)26-18(22(29)27-28)9-11-20(30)31-2/h3-5,8,10,12-14,18,23H,6-7,9,11H2,1-2H3. The molecule has 0 amide bonds. The van der Waals surface area contributed by atoms with E-state index in [-0.39, 0.29) is 24.6 Å². The molecule has 0 N–H and O–H groups in total. The number of pyridine rings is 1. The highest BCUT2D eigenvalue weighted by molar-refractivity contribution is 9.10. The van der Waals surface area contributed by atoms with Gasteiger partial charge in [0.15, 0.2) is 5.84 Å². The largest absolute Gasteiger partial charge is 0.469 e. The number of nitrogens with zero attached hydrogens (tertiary/aromatic N) is 5. The molecule has 0 bridgehead atoms. The summed E-state index contributed by atoms with van der Waals surface area (Å²) in [5.74, 6) is 1.22. The number of hydrogen-bond acceptors (Lipinski definition) is 7. The minimum atomic E-state index is -0.270. The summed E-state index contributed by atoms with van der Waals surface area (Å²) >= 11 is 3.64. The second kappa shape index (κ2) is 8.07. The molecule has 3 aliphatic rings. The van der Waals surface area contributed by atoms with E-state index in [1.54, 1.807) is 6.20 Å². The number of carbonyl (C=O) groups excluding carboxylic acids is 1. The molecule has 7 nitrogen and oxygen atoms in total. The van der Waals surface area contributed by atoms with Gasteiger partial charge < -0.3 is 9.64 Å². The highest BCUT2D eigenvalue weighted by atomic mass is 79.9. The fourth-order valence-electron chi connectivity index (χ4n) is 4.42. The number of amidine groups is 1. The van der Waals surface area contributed by atoms with Gasteiger partial charge >= 0.3 is 5.97 Å². The van der Waals surface area contributed by atoms with Crippen LogP contribution in [0.25, 0.3) is 0 Å². The number of halogens is 1. The van der Waals surface area contributed by atoms with Gasteiger partial charge in [-0.05, 0) is 55.5 Å². The van der Waals surface area contributed by atoms with Gasteiger partial charge in [0, 0.05) is 29.7 Å². The summed E-state index contributed by atoms with van der Waals surface area (Å²) in [6.07, 6.45) is 5.14. The molecule has 2 aromatic rings. The Morgan fingerprint density at radius 2 is 2.10 bits per heavy atom. The van der Waals surface area contributed by atoms with Crippen LogP contribution in [0.3, 0.4) is 0 Å². The zero-order valence-electron chi connectivity index (χ0n) is 17.5. The molecule has 3 heterocycles. The summed E-state index contributed by atoms with van der Waals surface area (Å²) in [7, 11) is 3.45. The number of anilines is 1. The first-order valence-corrected chi connectivity index (χ1v) is 11.3. The molecule has 1 fully saturated rings. The number of rotatable bonds is 5. The van der Waals surface area contributed by atoms with Crippen LogP contribution >= 0.6 is 15.9 Å². The van der Waals surface area contributed by atoms with Gasteiger partial charge in [-0.15, -0.1) is 0 Å². The van der Waals surface area contributed by atoms with Gasteiger partial charge in [-0.1, -0.05) is 22.0 Å². The van der Waals surface area contributed by atoms with Crippen molar-refractivity contribution in [2.24, 2.45) is 16.0 Å². The molecular weight excluding hydrogens is 458 g/mol. The Kier molecular flexibility index (Phi) is 5.25. The van der Waals surface area contributed by atoms with Crippen LogP contribution < -0.4 is 4.90 Å². The van der Waals surface area contributed by atoms with Crippen LogP contribution in [-0.2, 0) is 9.53 Å². The Hall–Kier alpha value is -2.74. The fourth-order valence-corrected chi connectivity index (χ4v) is 4.78. The van der Waals surface area contributed by atoms with Gasteiger partial charge in [-0.3, -0.25) is 19.8 Å². The van der Waals surface area contributed by atoms with Crippen LogP contribution in [0.15, 0.2) is 57.2 Å².